The van der Waals surface area contributed by atoms with Crippen molar-refractivity contribution < 1.29 is 9.59 Å². The van der Waals surface area contributed by atoms with Gasteiger partial charge in [-0.15, -0.1) is 6.58 Å². The first-order valence-electron chi connectivity index (χ1n) is 11.3. The molecule has 0 bridgehead atoms. The van der Waals surface area contributed by atoms with Gasteiger partial charge in [-0.1, -0.05) is 66.7 Å². The van der Waals surface area contributed by atoms with Gasteiger partial charge in [-0.25, -0.2) is 0 Å². The molecule has 2 amide bonds. The van der Waals surface area contributed by atoms with Crippen LogP contribution in [0.4, 0.5) is 0 Å². The van der Waals surface area contributed by atoms with E-state index in [1.165, 1.54) is 5.56 Å². The summed E-state index contributed by atoms with van der Waals surface area (Å²) >= 11 is 0. The predicted octanol–water partition coefficient (Wildman–Crippen LogP) is 4.01. The average molecular weight is 440 g/mol. The summed E-state index contributed by atoms with van der Waals surface area (Å²) in [7, 11) is 0. The Balaban J connectivity index is 1.50. The summed E-state index contributed by atoms with van der Waals surface area (Å²) in [6.07, 6.45) is 6.05. The number of nitrogens with zero attached hydrogens (tertiary/aromatic N) is 3. The molecule has 0 spiro atoms. The van der Waals surface area contributed by atoms with Crippen LogP contribution in [0.1, 0.15) is 11.1 Å². The third-order valence-corrected chi connectivity index (χ3v) is 6.07. The van der Waals surface area contributed by atoms with Crippen LogP contribution in [0.2, 0.25) is 0 Å². The zero-order chi connectivity index (χ0) is 23.0. The molecule has 1 aliphatic heterocycles. The molecule has 2 aromatic carbocycles. The Morgan fingerprint density at radius 1 is 0.970 bits per heavy atom. The van der Waals surface area contributed by atoms with E-state index >= 15 is 0 Å². The summed E-state index contributed by atoms with van der Waals surface area (Å²) in [6, 6.07) is 22.3. The van der Waals surface area contributed by atoms with Crippen LogP contribution in [-0.2, 0) is 22.4 Å². The van der Waals surface area contributed by atoms with Crippen molar-refractivity contribution in [1.82, 2.24) is 14.8 Å². The van der Waals surface area contributed by atoms with E-state index in [4.69, 9.17) is 0 Å². The Labute approximate surface area is 195 Å². The zero-order valence-corrected chi connectivity index (χ0v) is 18.8. The highest BCUT2D eigenvalue weighted by atomic mass is 16.2. The van der Waals surface area contributed by atoms with Gasteiger partial charge in [0.1, 0.15) is 0 Å². The van der Waals surface area contributed by atoms with Gasteiger partial charge in [0.15, 0.2) is 0 Å². The van der Waals surface area contributed by atoms with Crippen LogP contribution >= 0.6 is 0 Å². The van der Waals surface area contributed by atoms with Crippen molar-refractivity contribution in [2.45, 2.75) is 12.8 Å². The number of benzene rings is 2. The first-order chi connectivity index (χ1) is 16.1. The Morgan fingerprint density at radius 2 is 1.73 bits per heavy atom. The minimum atomic E-state index is -0.284. The summed E-state index contributed by atoms with van der Waals surface area (Å²) in [4.78, 5) is 34.1. The van der Waals surface area contributed by atoms with Crippen LogP contribution in [0.15, 0.2) is 91.8 Å². The summed E-state index contributed by atoms with van der Waals surface area (Å²) < 4.78 is 0. The average Bonchev–Trinajstić information content (AvgIpc) is 3.00. The topological polar surface area (TPSA) is 53.5 Å². The van der Waals surface area contributed by atoms with Gasteiger partial charge in [0.2, 0.25) is 11.8 Å². The van der Waals surface area contributed by atoms with Gasteiger partial charge >= 0.3 is 0 Å². The number of carbonyl (C=O) groups excluding carboxylic acids is 2. The molecule has 2 heterocycles. The highest BCUT2D eigenvalue weighted by Gasteiger charge is 2.31. The molecule has 1 unspecified atom stereocenters. The molecule has 0 radical (unpaired) electrons. The summed E-state index contributed by atoms with van der Waals surface area (Å²) in [6.45, 7) is 5.76. The van der Waals surface area contributed by atoms with Gasteiger partial charge < -0.3 is 9.80 Å². The van der Waals surface area contributed by atoms with Crippen molar-refractivity contribution in [3.63, 3.8) is 0 Å². The maximum absolute atomic E-state index is 13.3. The molecule has 5 heteroatoms. The Bertz CT molecular complexity index is 1080. The van der Waals surface area contributed by atoms with Gasteiger partial charge in [-0.2, -0.15) is 0 Å². The smallest absolute Gasteiger partial charge is 0.228 e. The quantitative estimate of drug-likeness (QED) is 0.523. The number of aromatic nitrogens is 1. The van der Waals surface area contributed by atoms with E-state index in [-0.39, 0.29) is 17.7 Å². The van der Waals surface area contributed by atoms with Gasteiger partial charge in [-0.3, -0.25) is 14.6 Å². The van der Waals surface area contributed by atoms with Gasteiger partial charge in [0, 0.05) is 38.6 Å². The zero-order valence-electron chi connectivity index (χ0n) is 18.8. The second-order valence-corrected chi connectivity index (χ2v) is 8.41. The standard InChI is InChI=1S/C28H29N3O2/c1-2-15-30-16-17-31(27(32)19-23-7-6-14-29-20-23)21-26(28(30)33)18-22-10-12-25(13-11-22)24-8-4-3-5-9-24/h2-14,20,26H,1,15-19,21H2. The lowest BCUT2D eigenvalue weighted by Crippen LogP contribution is -2.38. The van der Waals surface area contributed by atoms with E-state index < -0.39 is 0 Å². The predicted molar refractivity (Wildman–Crippen MR) is 130 cm³/mol. The Morgan fingerprint density at radius 3 is 2.42 bits per heavy atom. The highest BCUT2D eigenvalue weighted by Crippen LogP contribution is 2.22. The fraction of sp³-hybridized carbons (Fsp3) is 0.250. The Kier molecular flexibility index (Phi) is 7.30. The van der Waals surface area contributed by atoms with Crippen LogP contribution in [-0.4, -0.2) is 52.8 Å². The summed E-state index contributed by atoms with van der Waals surface area (Å²) in [5, 5.41) is 0. The van der Waals surface area contributed by atoms with Gasteiger partial charge in [-0.05, 0) is 34.7 Å². The lowest BCUT2D eigenvalue weighted by atomic mass is 9.95. The summed E-state index contributed by atoms with van der Waals surface area (Å²) in [5.41, 5.74) is 4.29. The monoisotopic (exact) mass is 439 g/mol. The third-order valence-electron chi connectivity index (χ3n) is 6.07. The SMILES string of the molecule is C=CCN1CCN(C(=O)Cc2cccnc2)CC(Cc2ccc(-c3ccccc3)cc2)C1=O. The third kappa shape index (κ3) is 5.75. The number of pyridine rings is 1. The van der Waals surface area contributed by atoms with Crippen molar-refractivity contribution in [3.05, 3.63) is 103 Å². The number of hydrogen-bond acceptors (Lipinski definition) is 3. The molecule has 1 saturated heterocycles. The van der Waals surface area contributed by atoms with Crippen molar-refractivity contribution in [2.75, 3.05) is 26.2 Å². The van der Waals surface area contributed by atoms with E-state index in [9.17, 15) is 9.59 Å². The van der Waals surface area contributed by atoms with E-state index in [0.717, 1.165) is 16.7 Å². The second kappa shape index (κ2) is 10.7. The van der Waals surface area contributed by atoms with E-state index in [1.807, 2.05) is 40.1 Å². The largest absolute Gasteiger partial charge is 0.340 e. The molecule has 168 valence electrons. The number of amides is 2. The van der Waals surface area contributed by atoms with Crippen molar-refractivity contribution >= 4 is 11.8 Å². The maximum Gasteiger partial charge on any atom is 0.228 e. The number of hydrogen-bond donors (Lipinski definition) is 0. The van der Waals surface area contributed by atoms with Crippen LogP contribution in [0.5, 0.6) is 0 Å². The van der Waals surface area contributed by atoms with E-state index in [1.54, 1.807) is 18.5 Å². The molecule has 1 aliphatic rings. The molecule has 0 N–H and O–H groups in total. The van der Waals surface area contributed by atoms with Gasteiger partial charge in [0.25, 0.3) is 0 Å². The molecule has 5 nitrogen and oxygen atoms in total. The molecule has 1 aromatic heterocycles. The molecule has 33 heavy (non-hydrogen) atoms. The molecule has 1 atom stereocenters. The summed E-state index contributed by atoms with van der Waals surface area (Å²) in [5.74, 6) is -0.174. The lowest BCUT2D eigenvalue weighted by molar-refractivity contribution is -0.134. The highest BCUT2D eigenvalue weighted by molar-refractivity contribution is 5.83. The second-order valence-electron chi connectivity index (χ2n) is 8.41. The van der Waals surface area contributed by atoms with Crippen LogP contribution in [0.25, 0.3) is 11.1 Å². The normalized spacial score (nSPS) is 16.4. The minimum absolute atomic E-state index is 0.0284. The first kappa shape index (κ1) is 22.5. The molecular formula is C28H29N3O2. The van der Waals surface area contributed by atoms with E-state index in [2.05, 4.69) is 48.0 Å². The maximum atomic E-state index is 13.3. The fourth-order valence-electron chi connectivity index (χ4n) is 4.30. The van der Waals surface area contributed by atoms with Crippen LogP contribution in [0.3, 0.4) is 0 Å². The molecule has 1 fully saturated rings. The Hall–Kier alpha value is -3.73. The molecule has 3 aromatic rings. The first-order valence-corrected chi connectivity index (χ1v) is 11.3. The van der Waals surface area contributed by atoms with E-state index in [0.29, 0.717) is 39.0 Å². The fourth-order valence-corrected chi connectivity index (χ4v) is 4.30. The lowest BCUT2D eigenvalue weighted by Gasteiger charge is -2.24. The molecular weight excluding hydrogens is 410 g/mol. The van der Waals surface area contributed by atoms with Crippen molar-refractivity contribution in [1.29, 1.82) is 0 Å². The van der Waals surface area contributed by atoms with Gasteiger partial charge in [0.05, 0.1) is 12.3 Å². The molecule has 4 rings (SSSR count). The minimum Gasteiger partial charge on any atom is -0.340 e. The van der Waals surface area contributed by atoms with Crippen molar-refractivity contribution in [3.8, 4) is 11.1 Å². The van der Waals surface area contributed by atoms with Crippen LogP contribution < -0.4 is 0 Å². The molecule has 0 aliphatic carbocycles. The number of rotatable bonds is 7. The number of carbonyl (C=O) groups is 2. The molecule has 0 saturated carbocycles. The van der Waals surface area contributed by atoms with Crippen LogP contribution in [0, 0.1) is 5.92 Å². The van der Waals surface area contributed by atoms with Crippen molar-refractivity contribution in [2.24, 2.45) is 5.92 Å².